The Hall–Kier alpha value is -2.14. The van der Waals surface area contributed by atoms with Crippen LogP contribution < -0.4 is 5.43 Å². The van der Waals surface area contributed by atoms with Gasteiger partial charge in [-0.2, -0.15) is 0 Å². The number of thiophene rings is 1. The second-order valence-corrected chi connectivity index (χ2v) is 7.94. The first-order valence-corrected chi connectivity index (χ1v) is 9.94. The van der Waals surface area contributed by atoms with Crippen LogP contribution in [-0.2, 0) is 6.42 Å². The molecule has 0 fully saturated rings. The topological polar surface area (TPSA) is 32.9 Å². The number of fused-ring (bicyclic) bond motifs is 1. The summed E-state index contributed by atoms with van der Waals surface area (Å²) in [6, 6.07) is 15.8. The molecule has 2 aromatic carbocycles. The highest BCUT2D eigenvalue weighted by Crippen LogP contribution is 2.33. The molecule has 0 aliphatic rings. The molecule has 2 aromatic heterocycles. The van der Waals surface area contributed by atoms with Crippen LogP contribution in [0.4, 0.5) is 4.39 Å². The van der Waals surface area contributed by atoms with Crippen molar-refractivity contribution in [2.45, 2.75) is 12.6 Å². The van der Waals surface area contributed by atoms with E-state index in [1.807, 2.05) is 23.6 Å². The third-order valence-corrected chi connectivity index (χ3v) is 5.95. The van der Waals surface area contributed by atoms with E-state index < -0.39 is 6.17 Å². The third-order valence-electron chi connectivity index (χ3n) is 4.43. The van der Waals surface area contributed by atoms with Gasteiger partial charge in [-0.05, 0) is 29.3 Å². The Morgan fingerprint density at radius 2 is 1.81 bits per heavy atom. The third kappa shape index (κ3) is 3.65. The maximum absolute atomic E-state index is 14.8. The summed E-state index contributed by atoms with van der Waals surface area (Å²) in [6.45, 7) is 0. The molecule has 136 valence electrons. The van der Waals surface area contributed by atoms with Gasteiger partial charge in [-0.3, -0.25) is 4.79 Å². The van der Waals surface area contributed by atoms with Crippen LogP contribution in [0.3, 0.4) is 0 Å². The summed E-state index contributed by atoms with van der Waals surface area (Å²) in [7, 11) is 0. The lowest BCUT2D eigenvalue weighted by Gasteiger charge is -2.10. The van der Waals surface area contributed by atoms with Gasteiger partial charge in [0.25, 0.3) is 0 Å². The summed E-state index contributed by atoms with van der Waals surface area (Å²) in [5.74, 6) is 0. The maximum Gasteiger partial charge on any atom is 0.191 e. The maximum atomic E-state index is 14.8. The van der Waals surface area contributed by atoms with Gasteiger partial charge in [0, 0.05) is 33.5 Å². The zero-order chi connectivity index (χ0) is 19.0. The highest BCUT2D eigenvalue weighted by Gasteiger charge is 2.18. The molecule has 0 aliphatic carbocycles. The highest BCUT2D eigenvalue weighted by molar-refractivity contribution is 7.17. The number of pyridine rings is 1. The van der Waals surface area contributed by atoms with Crippen LogP contribution in [0.15, 0.2) is 64.8 Å². The lowest BCUT2D eigenvalue weighted by atomic mass is 10.0. The summed E-state index contributed by atoms with van der Waals surface area (Å²) in [4.78, 5) is 16.5. The zero-order valence-electron chi connectivity index (χ0n) is 14.0. The van der Waals surface area contributed by atoms with Gasteiger partial charge in [0.2, 0.25) is 0 Å². The Morgan fingerprint density at radius 3 is 2.56 bits per heavy atom. The molecule has 0 saturated carbocycles. The van der Waals surface area contributed by atoms with Gasteiger partial charge in [0.05, 0.1) is 11.1 Å². The molecule has 0 amide bonds. The molecular formula is C21H14Cl2FNOS. The normalized spacial score (nSPS) is 12.4. The minimum absolute atomic E-state index is 0.108. The van der Waals surface area contributed by atoms with Crippen LogP contribution in [0.1, 0.15) is 17.4 Å². The number of hydrogen-bond donors (Lipinski definition) is 1. The van der Waals surface area contributed by atoms with Crippen molar-refractivity contribution < 1.29 is 4.39 Å². The smallest absolute Gasteiger partial charge is 0.191 e. The van der Waals surface area contributed by atoms with E-state index in [1.165, 1.54) is 17.4 Å². The van der Waals surface area contributed by atoms with Crippen LogP contribution in [-0.4, -0.2) is 4.98 Å². The largest absolute Gasteiger partial charge is 0.347 e. The minimum Gasteiger partial charge on any atom is -0.347 e. The molecule has 0 aliphatic heterocycles. The van der Waals surface area contributed by atoms with Gasteiger partial charge in [0.15, 0.2) is 5.43 Å². The second kappa shape index (κ2) is 7.47. The van der Waals surface area contributed by atoms with Gasteiger partial charge in [-0.1, -0.05) is 53.5 Å². The Bertz CT molecular complexity index is 1170. The van der Waals surface area contributed by atoms with Crippen molar-refractivity contribution in [1.82, 2.24) is 4.98 Å². The quantitative estimate of drug-likeness (QED) is 0.388. The van der Waals surface area contributed by atoms with Crippen LogP contribution in [0.5, 0.6) is 0 Å². The van der Waals surface area contributed by atoms with Crippen LogP contribution in [0.25, 0.3) is 21.3 Å². The van der Waals surface area contributed by atoms with Crippen LogP contribution >= 0.6 is 34.5 Å². The fourth-order valence-electron chi connectivity index (χ4n) is 3.05. The first-order chi connectivity index (χ1) is 13.0. The number of benzene rings is 2. The van der Waals surface area contributed by atoms with Gasteiger partial charge >= 0.3 is 0 Å². The van der Waals surface area contributed by atoms with Crippen molar-refractivity contribution in [3.8, 4) is 11.1 Å². The Morgan fingerprint density at radius 1 is 1.07 bits per heavy atom. The van der Waals surface area contributed by atoms with E-state index in [-0.39, 0.29) is 17.5 Å². The molecule has 6 heteroatoms. The number of aromatic amines is 1. The molecule has 0 radical (unpaired) electrons. The number of hydrogen-bond acceptors (Lipinski definition) is 2. The monoisotopic (exact) mass is 417 g/mol. The van der Waals surface area contributed by atoms with Crippen molar-refractivity contribution >= 4 is 44.8 Å². The Balaban J connectivity index is 1.71. The molecule has 0 spiro atoms. The first kappa shape index (κ1) is 18.2. The van der Waals surface area contributed by atoms with E-state index in [9.17, 15) is 9.18 Å². The molecule has 1 N–H and O–H groups in total. The molecular weight excluding hydrogens is 404 g/mol. The van der Waals surface area contributed by atoms with E-state index in [2.05, 4.69) is 4.98 Å². The summed E-state index contributed by atoms with van der Waals surface area (Å²) < 4.78 is 14.8. The van der Waals surface area contributed by atoms with Crippen molar-refractivity contribution in [2.75, 3.05) is 0 Å². The summed E-state index contributed by atoms with van der Waals surface area (Å²) in [5, 5.41) is 3.62. The number of rotatable bonds is 4. The van der Waals surface area contributed by atoms with Crippen molar-refractivity contribution in [3.05, 3.63) is 91.5 Å². The molecule has 2 nitrogen and oxygen atoms in total. The van der Waals surface area contributed by atoms with Crippen molar-refractivity contribution in [3.63, 3.8) is 0 Å². The zero-order valence-corrected chi connectivity index (χ0v) is 16.3. The summed E-state index contributed by atoms with van der Waals surface area (Å²) in [5.41, 5.74) is 2.49. The van der Waals surface area contributed by atoms with E-state index in [4.69, 9.17) is 23.2 Å². The van der Waals surface area contributed by atoms with Crippen molar-refractivity contribution in [2.24, 2.45) is 0 Å². The van der Waals surface area contributed by atoms with E-state index in [0.717, 1.165) is 11.1 Å². The van der Waals surface area contributed by atoms with E-state index >= 15 is 0 Å². The van der Waals surface area contributed by atoms with Gasteiger partial charge in [-0.15, -0.1) is 11.3 Å². The molecule has 4 rings (SSSR count). The molecule has 1 unspecified atom stereocenters. The lowest BCUT2D eigenvalue weighted by molar-refractivity contribution is 0.335. The second-order valence-electron chi connectivity index (χ2n) is 6.21. The van der Waals surface area contributed by atoms with Crippen LogP contribution in [0, 0.1) is 0 Å². The molecule has 0 bridgehead atoms. The van der Waals surface area contributed by atoms with Gasteiger partial charge < -0.3 is 4.98 Å². The highest BCUT2D eigenvalue weighted by atomic mass is 35.5. The van der Waals surface area contributed by atoms with E-state index in [0.29, 0.717) is 25.8 Å². The predicted molar refractivity (Wildman–Crippen MR) is 112 cm³/mol. The standard InChI is InChI=1S/C21H14Cl2FNOS/c22-14-7-5-12(6-8-14)15-11-27-21-20(15)19(26)10-18(25-21)17(24)9-13-3-1-2-4-16(13)23/h1-8,10-11,17H,9H2,(H,25,26). The SMILES string of the molecule is O=c1cc(C(F)Cc2ccccc2Cl)[nH]c2scc(-c3ccc(Cl)cc3)c12. The van der Waals surface area contributed by atoms with Crippen LogP contribution in [0.2, 0.25) is 10.0 Å². The number of halogens is 3. The number of aromatic nitrogens is 1. The molecule has 0 saturated heterocycles. The Kier molecular flexibility index (Phi) is 5.04. The molecule has 27 heavy (non-hydrogen) atoms. The predicted octanol–water partition coefficient (Wildman–Crippen LogP) is 6.82. The molecule has 1 atom stereocenters. The number of alkyl halides is 1. The lowest BCUT2D eigenvalue weighted by Crippen LogP contribution is -2.08. The fourth-order valence-corrected chi connectivity index (χ4v) is 4.39. The number of H-pyrrole nitrogens is 1. The first-order valence-electron chi connectivity index (χ1n) is 8.31. The van der Waals surface area contributed by atoms with Gasteiger partial charge in [-0.25, -0.2) is 4.39 Å². The van der Waals surface area contributed by atoms with Gasteiger partial charge in [0.1, 0.15) is 11.0 Å². The fraction of sp³-hybridized carbons (Fsp3) is 0.0952. The summed E-state index contributed by atoms with van der Waals surface area (Å²) >= 11 is 13.4. The summed E-state index contributed by atoms with van der Waals surface area (Å²) in [6.07, 6.45) is -1.24. The van der Waals surface area contributed by atoms with Crippen molar-refractivity contribution in [1.29, 1.82) is 0 Å². The molecule has 2 heterocycles. The average Bonchev–Trinajstić information content (AvgIpc) is 3.09. The minimum atomic E-state index is -1.34. The average molecular weight is 418 g/mol. The Labute approximate surface area is 169 Å². The van der Waals surface area contributed by atoms with E-state index in [1.54, 1.807) is 30.3 Å². The molecule has 4 aromatic rings. The number of nitrogens with one attached hydrogen (secondary N) is 1.